The summed E-state index contributed by atoms with van der Waals surface area (Å²) in [6.45, 7) is 0.584. The largest absolute Gasteiger partial charge is 0.366 e. The number of rotatable bonds is 5. The van der Waals surface area contributed by atoms with E-state index in [1.54, 1.807) is 24.3 Å². The molecule has 2 N–H and O–H groups in total. The first-order chi connectivity index (χ1) is 11.0. The maximum absolute atomic E-state index is 12.8. The average molecular weight is 373 g/mol. The molecule has 1 saturated carbocycles. The zero-order valence-corrected chi connectivity index (χ0v) is 14.1. The molecule has 4 nitrogen and oxygen atoms in total. The van der Waals surface area contributed by atoms with Crippen molar-refractivity contribution in [3.05, 3.63) is 69.7 Å². The van der Waals surface area contributed by atoms with Crippen molar-refractivity contribution in [2.45, 2.75) is 25.4 Å². The Morgan fingerprint density at radius 3 is 2.30 bits per heavy atom. The summed E-state index contributed by atoms with van der Waals surface area (Å²) in [4.78, 5) is 25.8. The van der Waals surface area contributed by atoms with Gasteiger partial charge in [0, 0.05) is 28.2 Å². The second kappa shape index (κ2) is 6.54. The summed E-state index contributed by atoms with van der Waals surface area (Å²) < 4.78 is 1.00. The topological polar surface area (TPSA) is 63.4 Å². The molecule has 1 aliphatic carbocycles. The van der Waals surface area contributed by atoms with Crippen LogP contribution in [0, 0.1) is 0 Å². The van der Waals surface area contributed by atoms with Crippen LogP contribution in [0.5, 0.6) is 0 Å². The van der Waals surface area contributed by atoms with Crippen molar-refractivity contribution in [3.8, 4) is 0 Å². The van der Waals surface area contributed by atoms with Crippen LogP contribution in [-0.2, 0) is 6.54 Å². The Balaban J connectivity index is 1.80. The molecule has 0 atom stereocenters. The van der Waals surface area contributed by atoms with Crippen LogP contribution in [0.4, 0.5) is 0 Å². The Hall–Kier alpha value is -2.14. The number of benzene rings is 2. The van der Waals surface area contributed by atoms with Crippen LogP contribution >= 0.6 is 15.9 Å². The van der Waals surface area contributed by atoms with Gasteiger partial charge in [-0.05, 0) is 54.8 Å². The fraction of sp³-hybridized carbons (Fsp3) is 0.222. The number of primary amides is 1. The molecular weight excluding hydrogens is 356 g/mol. The number of carbonyl (C=O) groups is 2. The lowest BCUT2D eigenvalue weighted by molar-refractivity contribution is 0.0729. The Labute approximate surface area is 143 Å². The Morgan fingerprint density at radius 1 is 1.09 bits per heavy atom. The van der Waals surface area contributed by atoms with E-state index in [4.69, 9.17) is 5.73 Å². The smallest absolute Gasteiger partial charge is 0.254 e. The molecule has 1 aliphatic rings. The lowest BCUT2D eigenvalue weighted by Crippen LogP contribution is -2.32. The molecule has 0 aromatic heterocycles. The molecule has 0 aliphatic heterocycles. The van der Waals surface area contributed by atoms with Crippen LogP contribution < -0.4 is 5.73 Å². The zero-order chi connectivity index (χ0) is 16.4. The summed E-state index contributed by atoms with van der Waals surface area (Å²) in [6.07, 6.45) is 2.08. The first-order valence-electron chi connectivity index (χ1n) is 7.50. The molecule has 118 valence electrons. The van der Waals surface area contributed by atoms with Gasteiger partial charge in [-0.15, -0.1) is 0 Å². The fourth-order valence-corrected chi connectivity index (χ4v) is 2.97. The summed E-state index contributed by atoms with van der Waals surface area (Å²) in [7, 11) is 0. The molecule has 5 heteroatoms. The van der Waals surface area contributed by atoms with Gasteiger partial charge in [0.15, 0.2) is 0 Å². The van der Waals surface area contributed by atoms with E-state index in [1.807, 2.05) is 29.2 Å². The van der Waals surface area contributed by atoms with Gasteiger partial charge < -0.3 is 10.6 Å². The van der Waals surface area contributed by atoms with Crippen molar-refractivity contribution >= 4 is 27.7 Å². The standard InChI is InChI=1S/C18H17BrN2O2/c19-15-3-1-2-12(10-15)11-21(16-8-9-16)18(23)14-6-4-13(5-7-14)17(20)22/h1-7,10,16H,8-9,11H2,(H2,20,22). The van der Waals surface area contributed by atoms with Crippen molar-refractivity contribution in [1.29, 1.82) is 0 Å². The first-order valence-corrected chi connectivity index (χ1v) is 8.29. The van der Waals surface area contributed by atoms with Gasteiger partial charge in [-0.2, -0.15) is 0 Å². The molecule has 3 rings (SSSR count). The summed E-state index contributed by atoms with van der Waals surface area (Å²) in [6, 6.07) is 14.8. The minimum absolute atomic E-state index is 0.0107. The minimum atomic E-state index is -0.489. The molecule has 0 bridgehead atoms. The van der Waals surface area contributed by atoms with Crippen molar-refractivity contribution in [2.75, 3.05) is 0 Å². The monoisotopic (exact) mass is 372 g/mol. The maximum Gasteiger partial charge on any atom is 0.254 e. The molecule has 2 aromatic carbocycles. The maximum atomic E-state index is 12.8. The molecule has 1 fully saturated rings. The summed E-state index contributed by atoms with van der Waals surface area (Å²) in [5.74, 6) is -0.499. The number of nitrogens with zero attached hydrogens (tertiary/aromatic N) is 1. The molecule has 0 heterocycles. The predicted octanol–water partition coefficient (Wildman–Crippen LogP) is 3.35. The molecule has 2 aromatic rings. The second-order valence-corrected chi connectivity index (χ2v) is 6.65. The van der Waals surface area contributed by atoms with Crippen LogP contribution in [0.1, 0.15) is 39.1 Å². The minimum Gasteiger partial charge on any atom is -0.366 e. The third-order valence-electron chi connectivity index (χ3n) is 3.91. The van der Waals surface area contributed by atoms with Crippen LogP contribution in [0.25, 0.3) is 0 Å². The highest BCUT2D eigenvalue weighted by Crippen LogP contribution is 2.30. The number of halogens is 1. The Bertz CT molecular complexity index is 739. The van der Waals surface area contributed by atoms with Crippen LogP contribution in [0.2, 0.25) is 0 Å². The summed E-state index contributed by atoms with van der Waals surface area (Å²) in [5.41, 5.74) is 7.32. The van der Waals surface area contributed by atoms with Crippen molar-refractivity contribution in [2.24, 2.45) is 5.73 Å². The molecule has 0 spiro atoms. The van der Waals surface area contributed by atoms with Gasteiger partial charge in [-0.25, -0.2) is 0 Å². The van der Waals surface area contributed by atoms with Gasteiger partial charge >= 0.3 is 0 Å². The number of hydrogen-bond acceptors (Lipinski definition) is 2. The van der Waals surface area contributed by atoms with E-state index in [1.165, 1.54) is 0 Å². The third kappa shape index (κ3) is 3.79. The van der Waals surface area contributed by atoms with Crippen LogP contribution in [0.3, 0.4) is 0 Å². The van der Waals surface area contributed by atoms with Crippen molar-refractivity contribution < 1.29 is 9.59 Å². The highest BCUT2D eigenvalue weighted by Gasteiger charge is 2.33. The van der Waals surface area contributed by atoms with E-state index in [0.717, 1.165) is 22.9 Å². The quantitative estimate of drug-likeness (QED) is 0.874. The number of nitrogens with two attached hydrogens (primary N) is 1. The Morgan fingerprint density at radius 2 is 1.74 bits per heavy atom. The summed E-state index contributed by atoms with van der Waals surface area (Å²) in [5, 5.41) is 0. The number of carbonyl (C=O) groups excluding carboxylic acids is 2. The SMILES string of the molecule is NC(=O)c1ccc(C(=O)N(Cc2cccc(Br)c2)C2CC2)cc1. The van der Waals surface area contributed by atoms with Gasteiger partial charge in [0.2, 0.25) is 5.91 Å². The number of hydrogen-bond donors (Lipinski definition) is 1. The highest BCUT2D eigenvalue weighted by atomic mass is 79.9. The second-order valence-electron chi connectivity index (χ2n) is 5.74. The van der Waals surface area contributed by atoms with E-state index in [0.29, 0.717) is 23.7 Å². The van der Waals surface area contributed by atoms with Gasteiger partial charge in [0.25, 0.3) is 5.91 Å². The molecule has 0 radical (unpaired) electrons. The van der Waals surface area contributed by atoms with Crippen molar-refractivity contribution in [3.63, 3.8) is 0 Å². The first kappa shape index (κ1) is 15.7. The molecule has 0 unspecified atom stereocenters. The number of amides is 2. The fourth-order valence-electron chi connectivity index (χ4n) is 2.53. The van der Waals surface area contributed by atoms with E-state index >= 15 is 0 Å². The van der Waals surface area contributed by atoms with Gasteiger partial charge in [0.1, 0.15) is 0 Å². The van der Waals surface area contributed by atoms with Crippen LogP contribution in [-0.4, -0.2) is 22.8 Å². The van der Waals surface area contributed by atoms with E-state index in [9.17, 15) is 9.59 Å². The Kier molecular flexibility index (Phi) is 4.48. The molecular formula is C18H17BrN2O2. The molecule has 2 amide bonds. The normalized spacial score (nSPS) is 13.6. The average Bonchev–Trinajstić information content (AvgIpc) is 3.37. The van der Waals surface area contributed by atoms with Gasteiger partial charge in [-0.1, -0.05) is 28.1 Å². The van der Waals surface area contributed by atoms with E-state index in [-0.39, 0.29) is 5.91 Å². The van der Waals surface area contributed by atoms with Gasteiger partial charge in [0.05, 0.1) is 0 Å². The van der Waals surface area contributed by atoms with E-state index < -0.39 is 5.91 Å². The van der Waals surface area contributed by atoms with E-state index in [2.05, 4.69) is 15.9 Å². The zero-order valence-electron chi connectivity index (χ0n) is 12.5. The molecule has 0 saturated heterocycles. The molecule has 23 heavy (non-hydrogen) atoms. The summed E-state index contributed by atoms with van der Waals surface area (Å²) >= 11 is 3.46. The van der Waals surface area contributed by atoms with Gasteiger partial charge in [-0.3, -0.25) is 9.59 Å². The lowest BCUT2D eigenvalue weighted by Gasteiger charge is -2.23. The lowest BCUT2D eigenvalue weighted by atomic mass is 10.1. The third-order valence-corrected chi connectivity index (χ3v) is 4.40. The highest BCUT2D eigenvalue weighted by molar-refractivity contribution is 9.10. The van der Waals surface area contributed by atoms with Crippen LogP contribution in [0.15, 0.2) is 53.0 Å². The predicted molar refractivity (Wildman–Crippen MR) is 92.0 cm³/mol. The van der Waals surface area contributed by atoms with Crippen molar-refractivity contribution in [1.82, 2.24) is 4.90 Å².